The SMILES string of the molecule is O=C(NCc1ccc(Cl)cc1)N1CCN(C(=O)c2cnn3c2CCCC3)CC1. The molecule has 0 aliphatic carbocycles. The third-order valence-corrected chi connectivity index (χ3v) is 5.68. The maximum Gasteiger partial charge on any atom is 0.317 e. The topological polar surface area (TPSA) is 70.5 Å². The van der Waals surface area contributed by atoms with Crippen LogP contribution < -0.4 is 5.32 Å². The predicted octanol–water partition coefficient (Wildman–Crippen LogP) is 2.54. The van der Waals surface area contributed by atoms with Gasteiger partial charge in [0.15, 0.2) is 0 Å². The molecule has 1 aromatic carbocycles. The number of nitrogens with zero attached hydrogens (tertiary/aromatic N) is 4. The molecule has 3 amide bonds. The molecule has 1 aromatic heterocycles. The average Bonchev–Trinajstić information content (AvgIpc) is 3.17. The van der Waals surface area contributed by atoms with Gasteiger partial charge in [0.1, 0.15) is 0 Å². The lowest BCUT2D eigenvalue weighted by Gasteiger charge is -2.34. The van der Waals surface area contributed by atoms with E-state index < -0.39 is 0 Å². The fraction of sp³-hybridized carbons (Fsp3) is 0.450. The summed E-state index contributed by atoms with van der Waals surface area (Å²) in [6.45, 7) is 3.49. The van der Waals surface area contributed by atoms with Gasteiger partial charge in [0.25, 0.3) is 5.91 Å². The Morgan fingerprint density at radius 3 is 2.46 bits per heavy atom. The Labute approximate surface area is 169 Å². The Bertz CT molecular complexity index is 856. The van der Waals surface area contributed by atoms with Crippen LogP contribution in [0.1, 0.15) is 34.5 Å². The lowest BCUT2D eigenvalue weighted by molar-refractivity contribution is 0.0663. The molecule has 0 unspecified atom stereocenters. The largest absolute Gasteiger partial charge is 0.335 e. The van der Waals surface area contributed by atoms with Crippen molar-refractivity contribution in [3.05, 3.63) is 52.3 Å². The molecule has 3 heterocycles. The zero-order valence-corrected chi connectivity index (χ0v) is 16.5. The second kappa shape index (κ2) is 8.22. The van der Waals surface area contributed by atoms with E-state index in [4.69, 9.17) is 11.6 Å². The first-order valence-electron chi connectivity index (χ1n) is 9.73. The highest BCUT2D eigenvalue weighted by Gasteiger charge is 2.28. The minimum Gasteiger partial charge on any atom is -0.335 e. The van der Waals surface area contributed by atoms with Crippen LogP contribution in [0.25, 0.3) is 0 Å². The molecule has 148 valence electrons. The summed E-state index contributed by atoms with van der Waals surface area (Å²) in [5.41, 5.74) is 2.78. The minimum absolute atomic E-state index is 0.0318. The Morgan fingerprint density at radius 2 is 1.71 bits per heavy atom. The van der Waals surface area contributed by atoms with E-state index >= 15 is 0 Å². The molecule has 2 aromatic rings. The van der Waals surface area contributed by atoms with Gasteiger partial charge in [-0.2, -0.15) is 5.10 Å². The number of hydrogen-bond acceptors (Lipinski definition) is 3. The Balaban J connectivity index is 1.29. The number of halogens is 1. The monoisotopic (exact) mass is 401 g/mol. The lowest BCUT2D eigenvalue weighted by atomic mass is 10.1. The second-order valence-electron chi connectivity index (χ2n) is 7.25. The van der Waals surface area contributed by atoms with Gasteiger partial charge in [-0.1, -0.05) is 23.7 Å². The van der Waals surface area contributed by atoms with Crippen LogP contribution in [0.15, 0.2) is 30.5 Å². The molecule has 28 heavy (non-hydrogen) atoms. The number of fused-ring (bicyclic) bond motifs is 1. The van der Waals surface area contributed by atoms with Crippen molar-refractivity contribution in [2.75, 3.05) is 26.2 Å². The van der Waals surface area contributed by atoms with Gasteiger partial charge in [-0.25, -0.2) is 4.79 Å². The molecular weight excluding hydrogens is 378 g/mol. The first-order valence-corrected chi connectivity index (χ1v) is 10.1. The summed E-state index contributed by atoms with van der Waals surface area (Å²) in [4.78, 5) is 28.9. The van der Waals surface area contributed by atoms with E-state index in [0.29, 0.717) is 37.7 Å². The van der Waals surface area contributed by atoms with E-state index in [1.807, 2.05) is 33.8 Å². The number of aromatic nitrogens is 2. The van der Waals surface area contributed by atoms with Gasteiger partial charge in [0.2, 0.25) is 0 Å². The molecule has 2 aliphatic heterocycles. The van der Waals surface area contributed by atoms with Crippen LogP contribution in [0, 0.1) is 0 Å². The maximum absolute atomic E-state index is 12.9. The second-order valence-corrected chi connectivity index (χ2v) is 7.69. The van der Waals surface area contributed by atoms with Crippen molar-refractivity contribution < 1.29 is 9.59 Å². The fourth-order valence-electron chi connectivity index (χ4n) is 3.77. The first-order chi connectivity index (χ1) is 13.6. The van der Waals surface area contributed by atoms with Crippen LogP contribution in [0.3, 0.4) is 0 Å². The molecule has 1 N–H and O–H groups in total. The molecule has 0 atom stereocenters. The summed E-state index contributed by atoms with van der Waals surface area (Å²) in [6.07, 6.45) is 4.84. The molecule has 4 rings (SSSR count). The smallest absolute Gasteiger partial charge is 0.317 e. The maximum atomic E-state index is 12.9. The van der Waals surface area contributed by atoms with Crippen molar-refractivity contribution in [2.24, 2.45) is 0 Å². The molecule has 0 radical (unpaired) electrons. The zero-order valence-electron chi connectivity index (χ0n) is 15.7. The molecule has 0 saturated carbocycles. The number of hydrogen-bond donors (Lipinski definition) is 1. The number of piperazine rings is 1. The molecule has 1 saturated heterocycles. The van der Waals surface area contributed by atoms with Gasteiger partial charge < -0.3 is 15.1 Å². The summed E-state index contributed by atoms with van der Waals surface area (Å²) in [5, 5.41) is 7.96. The van der Waals surface area contributed by atoms with E-state index in [1.165, 1.54) is 0 Å². The van der Waals surface area contributed by atoms with Crippen molar-refractivity contribution in [3.63, 3.8) is 0 Å². The van der Waals surface area contributed by atoms with Gasteiger partial charge >= 0.3 is 6.03 Å². The van der Waals surface area contributed by atoms with E-state index in [9.17, 15) is 9.59 Å². The highest BCUT2D eigenvalue weighted by Crippen LogP contribution is 2.20. The number of amides is 3. The summed E-state index contributed by atoms with van der Waals surface area (Å²) in [7, 11) is 0. The van der Waals surface area contributed by atoms with Crippen LogP contribution >= 0.6 is 11.6 Å². The molecule has 0 spiro atoms. The van der Waals surface area contributed by atoms with Gasteiger partial charge in [-0.15, -0.1) is 0 Å². The average molecular weight is 402 g/mol. The van der Waals surface area contributed by atoms with Gasteiger partial charge in [0.05, 0.1) is 17.5 Å². The number of urea groups is 1. The summed E-state index contributed by atoms with van der Waals surface area (Å²) in [5.74, 6) is 0.0318. The number of rotatable bonds is 3. The van der Waals surface area contributed by atoms with Crippen LogP contribution in [0.5, 0.6) is 0 Å². The summed E-state index contributed by atoms with van der Waals surface area (Å²) in [6, 6.07) is 7.30. The standard InChI is InChI=1S/C20H24ClN5O2/c21-16-6-4-15(5-7-16)13-22-20(28)25-11-9-24(10-12-25)19(27)17-14-23-26-8-2-1-3-18(17)26/h4-7,14H,1-3,8-13H2,(H,22,28). The van der Waals surface area contributed by atoms with E-state index in [0.717, 1.165) is 42.6 Å². The van der Waals surface area contributed by atoms with E-state index in [2.05, 4.69) is 10.4 Å². The molecule has 0 bridgehead atoms. The minimum atomic E-state index is -0.107. The van der Waals surface area contributed by atoms with Crippen molar-refractivity contribution in [3.8, 4) is 0 Å². The van der Waals surface area contributed by atoms with Crippen LogP contribution in [-0.4, -0.2) is 57.7 Å². The summed E-state index contributed by atoms with van der Waals surface area (Å²) >= 11 is 5.88. The Kier molecular flexibility index (Phi) is 5.52. The molecule has 7 nitrogen and oxygen atoms in total. The van der Waals surface area contributed by atoms with Crippen LogP contribution in [0.2, 0.25) is 5.02 Å². The van der Waals surface area contributed by atoms with Crippen LogP contribution in [-0.2, 0) is 19.5 Å². The lowest BCUT2D eigenvalue weighted by Crippen LogP contribution is -2.53. The van der Waals surface area contributed by atoms with Crippen LogP contribution in [0.4, 0.5) is 4.79 Å². The van der Waals surface area contributed by atoms with E-state index in [-0.39, 0.29) is 11.9 Å². The predicted molar refractivity (Wildman–Crippen MR) is 106 cm³/mol. The van der Waals surface area contributed by atoms with E-state index in [1.54, 1.807) is 11.1 Å². The Morgan fingerprint density at radius 1 is 1.00 bits per heavy atom. The highest BCUT2D eigenvalue weighted by atomic mass is 35.5. The first kappa shape index (κ1) is 18.8. The summed E-state index contributed by atoms with van der Waals surface area (Å²) < 4.78 is 1.96. The molecular formula is C20H24ClN5O2. The van der Waals surface area contributed by atoms with Gasteiger partial charge in [0, 0.05) is 44.3 Å². The molecule has 2 aliphatic rings. The molecule has 8 heteroatoms. The third kappa shape index (κ3) is 3.99. The van der Waals surface area contributed by atoms with Gasteiger partial charge in [-0.3, -0.25) is 9.48 Å². The highest BCUT2D eigenvalue weighted by molar-refractivity contribution is 6.30. The van der Waals surface area contributed by atoms with Crippen molar-refractivity contribution >= 4 is 23.5 Å². The molecule has 1 fully saturated rings. The van der Waals surface area contributed by atoms with Crippen molar-refractivity contribution in [2.45, 2.75) is 32.4 Å². The number of aryl methyl sites for hydroxylation is 1. The van der Waals surface area contributed by atoms with Crippen molar-refractivity contribution in [1.82, 2.24) is 24.9 Å². The number of carbonyl (C=O) groups excluding carboxylic acids is 2. The number of nitrogens with one attached hydrogen (secondary N) is 1. The Hall–Kier alpha value is -2.54. The third-order valence-electron chi connectivity index (χ3n) is 5.42. The zero-order chi connectivity index (χ0) is 19.5. The van der Waals surface area contributed by atoms with Crippen molar-refractivity contribution in [1.29, 1.82) is 0 Å². The fourth-order valence-corrected chi connectivity index (χ4v) is 3.90. The van der Waals surface area contributed by atoms with Gasteiger partial charge in [-0.05, 0) is 37.0 Å². The normalized spacial score (nSPS) is 16.6. The quantitative estimate of drug-likeness (QED) is 0.859. The number of benzene rings is 1. The number of carbonyl (C=O) groups is 2.